The van der Waals surface area contributed by atoms with Crippen LogP contribution in [-0.4, -0.2) is 29.9 Å². The number of nitrogens with one attached hydrogen (secondary N) is 2. The van der Waals surface area contributed by atoms with Crippen molar-refractivity contribution in [2.45, 2.75) is 17.4 Å². The molecule has 132 valence electrons. The van der Waals surface area contributed by atoms with E-state index in [1.54, 1.807) is 6.07 Å². The fraction of sp³-hybridized carbons (Fsp3) is 0.333. The van der Waals surface area contributed by atoms with Crippen LogP contribution in [0.2, 0.25) is 0 Å². The molecule has 1 fully saturated rings. The maximum absolute atomic E-state index is 12.1. The fourth-order valence-electron chi connectivity index (χ4n) is 2.48. The van der Waals surface area contributed by atoms with Crippen LogP contribution < -0.4 is 10.6 Å². The molecule has 3 rings (SSSR count). The van der Waals surface area contributed by atoms with Crippen molar-refractivity contribution in [3.63, 3.8) is 0 Å². The van der Waals surface area contributed by atoms with Crippen molar-refractivity contribution in [2.75, 3.05) is 23.4 Å². The highest BCUT2D eigenvalue weighted by atomic mass is 32.2. The summed E-state index contributed by atoms with van der Waals surface area (Å²) < 4.78 is 0.476. The van der Waals surface area contributed by atoms with Gasteiger partial charge in [0.25, 0.3) is 5.91 Å². The molecule has 0 bridgehead atoms. The third-order valence-electron chi connectivity index (χ3n) is 3.68. The maximum Gasteiger partial charge on any atom is 0.261 e. The lowest BCUT2D eigenvalue weighted by atomic mass is 10.2. The summed E-state index contributed by atoms with van der Waals surface area (Å²) in [6.07, 6.45) is 1.01. The van der Waals surface area contributed by atoms with Gasteiger partial charge in [-0.15, -0.1) is 34.9 Å². The van der Waals surface area contributed by atoms with Crippen molar-refractivity contribution in [3.05, 3.63) is 52.2 Å². The van der Waals surface area contributed by atoms with Crippen molar-refractivity contribution in [3.8, 4) is 0 Å². The minimum atomic E-state index is -0.0744. The van der Waals surface area contributed by atoms with E-state index in [1.807, 2.05) is 47.1 Å². The second-order valence-corrected chi connectivity index (χ2v) is 9.26. The molecule has 2 amide bonds. The van der Waals surface area contributed by atoms with Gasteiger partial charge in [-0.05, 0) is 35.6 Å². The predicted molar refractivity (Wildman–Crippen MR) is 109 cm³/mol. The molecule has 1 aliphatic rings. The van der Waals surface area contributed by atoms with E-state index in [4.69, 9.17) is 0 Å². The summed E-state index contributed by atoms with van der Waals surface area (Å²) in [6.45, 7) is 0.500. The molecule has 0 spiro atoms. The molecule has 4 nitrogen and oxygen atoms in total. The molecule has 2 N–H and O–H groups in total. The number of amides is 2. The number of thiophene rings is 1. The minimum absolute atomic E-state index is 0.0192. The molecule has 0 radical (unpaired) electrons. The molecule has 2 aromatic rings. The highest BCUT2D eigenvalue weighted by Crippen LogP contribution is 2.45. The Kier molecular flexibility index (Phi) is 6.84. The quantitative estimate of drug-likeness (QED) is 0.687. The first-order valence-corrected chi connectivity index (χ1v) is 11.1. The molecule has 0 aliphatic carbocycles. The lowest BCUT2D eigenvalue weighted by Gasteiger charge is -2.11. The van der Waals surface area contributed by atoms with Gasteiger partial charge in [-0.2, -0.15) is 0 Å². The Bertz CT molecular complexity index is 713. The molecule has 1 aliphatic heterocycles. The summed E-state index contributed by atoms with van der Waals surface area (Å²) in [5.41, 5.74) is 2.10. The molecule has 25 heavy (non-hydrogen) atoms. The Hall–Kier alpha value is -1.44. The Morgan fingerprint density at radius 1 is 1.12 bits per heavy atom. The Morgan fingerprint density at radius 2 is 1.96 bits per heavy atom. The van der Waals surface area contributed by atoms with Gasteiger partial charge in [0.1, 0.15) is 0 Å². The molecule has 1 saturated heterocycles. The van der Waals surface area contributed by atoms with Gasteiger partial charge in [0.15, 0.2) is 0 Å². The average Bonchev–Trinajstić information content (AvgIpc) is 3.32. The first kappa shape index (κ1) is 18.4. The summed E-state index contributed by atoms with van der Waals surface area (Å²) >= 11 is 5.32. The van der Waals surface area contributed by atoms with Crippen molar-refractivity contribution >= 4 is 52.4 Å². The zero-order valence-corrected chi connectivity index (χ0v) is 16.1. The second kappa shape index (κ2) is 9.31. The van der Waals surface area contributed by atoms with E-state index in [0.717, 1.165) is 5.69 Å². The van der Waals surface area contributed by atoms with E-state index in [2.05, 4.69) is 22.8 Å². The standard InChI is InChI=1S/C18H20N2O2S3/c21-16(7-2-8-19-17(22)15-6-3-9-23-15)20-14-5-1-4-13(12-14)18-24-10-11-25-18/h1,3-6,9,12,18H,2,7-8,10-11H2,(H,19,22)(H,20,21). The molecular formula is C18H20N2O2S3. The van der Waals surface area contributed by atoms with Crippen molar-refractivity contribution in [1.29, 1.82) is 0 Å². The second-order valence-electron chi connectivity index (χ2n) is 5.58. The van der Waals surface area contributed by atoms with E-state index >= 15 is 0 Å². The van der Waals surface area contributed by atoms with Crippen LogP contribution in [0.25, 0.3) is 0 Å². The molecular weight excluding hydrogens is 372 g/mol. The Morgan fingerprint density at radius 3 is 2.72 bits per heavy atom. The first-order valence-electron chi connectivity index (χ1n) is 8.17. The van der Waals surface area contributed by atoms with Crippen LogP contribution in [0, 0.1) is 0 Å². The lowest BCUT2D eigenvalue weighted by Crippen LogP contribution is -2.24. The van der Waals surface area contributed by atoms with Crippen molar-refractivity contribution in [1.82, 2.24) is 5.32 Å². The monoisotopic (exact) mass is 392 g/mol. The molecule has 1 aromatic heterocycles. The smallest absolute Gasteiger partial charge is 0.261 e. The van der Waals surface area contributed by atoms with Gasteiger partial charge in [0, 0.05) is 30.2 Å². The van der Waals surface area contributed by atoms with E-state index in [1.165, 1.54) is 28.4 Å². The topological polar surface area (TPSA) is 58.2 Å². The highest BCUT2D eigenvalue weighted by molar-refractivity contribution is 8.19. The van der Waals surface area contributed by atoms with Crippen LogP contribution in [0.3, 0.4) is 0 Å². The third-order valence-corrected chi connectivity index (χ3v) is 7.65. The van der Waals surface area contributed by atoms with Crippen LogP contribution >= 0.6 is 34.9 Å². The molecule has 1 aromatic carbocycles. The normalized spacial score (nSPS) is 14.4. The summed E-state index contributed by atoms with van der Waals surface area (Å²) in [5, 5.41) is 7.66. The van der Waals surface area contributed by atoms with E-state index in [9.17, 15) is 9.59 Å². The fourth-order valence-corrected chi connectivity index (χ4v) is 5.96. The highest BCUT2D eigenvalue weighted by Gasteiger charge is 2.18. The Balaban J connectivity index is 1.40. The molecule has 0 saturated carbocycles. The number of rotatable bonds is 7. The molecule has 0 unspecified atom stereocenters. The average molecular weight is 393 g/mol. The minimum Gasteiger partial charge on any atom is -0.351 e. The van der Waals surface area contributed by atoms with Crippen LogP contribution in [-0.2, 0) is 4.79 Å². The zero-order chi connectivity index (χ0) is 17.5. The first-order chi connectivity index (χ1) is 12.2. The molecule has 7 heteroatoms. The summed E-state index contributed by atoms with van der Waals surface area (Å²) in [7, 11) is 0. The number of benzene rings is 1. The van der Waals surface area contributed by atoms with Crippen LogP contribution in [0.4, 0.5) is 5.69 Å². The largest absolute Gasteiger partial charge is 0.351 e. The van der Waals surface area contributed by atoms with Gasteiger partial charge < -0.3 is 10.6 Å². The number of carbonyl (C=O) groups excluding carboxylic acids is 2. The molecule has 2 heterocycles. The van der Waals surface area contributed by atoms with Gasteiger partial charge in [-0.3, -0.25) is 9.59 Å². The number of thioether (sulfide) groups is 2. The van der Waals surface area contributed by atoms with Gasteiger partial charge in [-0.1, -0.05) is 18.2 Å². The maximum atomic E-state index is 12.1. The zero-order valence-electron chi connectivity index (χ0n) is 13.7. The van der Waals surface area contributed by atoms with Crippen LogP contribution in [0.15, 0.2) is 41.8 Å². The van der Waals surface area contributed by atoms with Gasteiger partial charge >= 0.3 is 0 Å². The number of hydrogen-bond acceptors (Lipinski definition) is 5. The van der Waals surface area contributed by atoms with E-state index < -0.39 is 0 Å². The van der Waals surface area contributed by atoms with Gasteiger partial charge in [0.2, 0.25) is 5.91 Å². The van der Waals surface area contributed by atoms with Crippen LogP contribution in [0.1, 0.15) is 32.7 Å². The number of anilines is 1. The summed E-state index contributed by atoms with van der Waals surface area (Å²) in [5.74, 6) is 2.27. The predicted octanol–water partition coefficient (Wildman–Crippen LogP) is 4.38. The van der Waals surface area contributed by atoms with E-state index in [-0.39, 0.29) is 11.8 Å². The van der Waals surface area contributed by atoms with Gasteiger partial charge in [0.05, 0.1) is 9.46 Å². The summed E-state index contributed by atoms with van der Waals surface area (Å²) in [4.78, 5) is 24.6. The van der Waals surface area contributed by atoms with Crippen molar-refractivity contribution in [2.24, 2.45) is 0 Å². The lowest BCUT2D eigenvalue weighted by molar-refractivity contribution is -0.116. The SMILES string of the molecule is O=C(CCCNC(=O)c1cccs1)Nc1cccc(C2SCCS2)c1. The number of hydrogen-bond donors (Lipinski definition) is 2. The van der Waals surface area contributed by atoms with E-state index in [0.29, 0.717) is 28.8 Å². The third kappa shape index (κ3) is 5.52. The Labute approximate surface area is 160 Å². The number of carbonyl (C=O) groups is 2. The van der Waals surface area contributed by atoms with Crippen molar-refractivity contribution < 1.29 is 9.59 Å². The summed E-state index contributed by atoms with van der Waals surface area (Å²) in [6, 6.07) is 11.7. The van der Waals surface area contributed by atoms with Gasteiger partial charge in [-0.25, -0.2) is 0 Å². The molecule has 0 atom stereocenters. The van der Waals surface area contributed by atoms with Crippen LogP contribution in [0.5, 0.6) is 0 Å².